The number of aliphatic hydroxyl groups excluding tert-OH is 1. The van der Waals surface area contributed by atoms with Crippen molar-refractivity contribution in [1.29, 1.82) is 5.41 Å². The monoisotopic (exact) mass is 559 g/mol. The van der Waals surface area contributed by atoms with Gasteiger partial charge in [0.25, 0.3) is 0 Å². The number of halogens is 8. The van der Waals surface area contributed by atoms with E-state index in [0.29, 0.717) is 12.1 Å². The minimum absolute atomic E-state index is 0.00291. The van der Waals surface area contributed by atoms with Crippen LogP contribution in [-0.4, -0.2) is 17.9 Å². The summed E-state index contributed by atoms with van der Waals surface area (Å²) in [4.78, 5) is 0. The van der Waals surface area contributed by atoms with Gasteiger partial charge >= 0.3 is 12.4 Å². The largest absolute Gasteiger partial charge is 0.496 e. The first-order valence-electron chi connectivity index (χ1n) is 11.7. The third kappa shape index (κ3) is 7.14. The van der Waals surface area contributed by atoms with Crippen LogP contribution in [0.3, 0.4) is 0 Å². The molecule has 0 amide bonds. The summed E-state index contributed by atoms with van der Waals surface area (Å²) in [6.45, 7) is 3.46. The van der Waals surface area contributed by atoms with Crippen LogP contribution in [0.25, 0.3) is 11.1 Å². The maximum Gasteiger partial charge on any atom is 0.416 e. The topological polar surface area (TPSA) is 53.3 Å². The van der Waals surface area contributed by atoms with E-state index in [-0.39, 0.29) is 45.7 Å². The minimum Gasteiger partial charge on any atom is -0.496 e. The Labute approximate surface area is 219 Å². The number of alkyl halides is 6. The van der Waals surface area contributed by atoms with Gasteiger partial charge in [0.15, 0.2) is 0 Å². The molecule has 0 aliphatic carbocycles. The zero-order chi connectivity index (χ0) is 29.3. The third-order valence-electron chi connectivity index (χ3n) is 6.14. The molecule has 3 rings (SSSR count). The highest BCUT2D eigenvalue weighted by Gasteiger charge is 2.33. The fourth-order valence-electron chi connectivity index (χ4n) is 4.19. The Balaban J connectivity index is 2.02. The van der Waals surface area contributed by atoms with Crippen LogP contribution < -0.4 is 4.74 Å². The number of hydrogen-bond acceptors (Lipinski definition) is 3. The number of nitrogens with one attached hydrogen (secondary N) is 1. The fraction of sp³-hybridized carbons (Fsp3) is 0.321. The third-order valence-corrected chi connectivity index (χ3v) is 6.14. The van der Waals surface area contributed by atoms with E-state index >= 15 is 0 Å². The van der Waals surface area contributed by atoms with Gasteiger partial charge in [-0.25, -0.2) is 8.78 Å². The van der Waals surface area contributed by atoms with Crippen molar-refractivity contribution in [3.63, 3.8) is 0 Å². The molecule has 0 aliphatic heterocycles. The van der Waals surface area contributed by atoms with Gasteiger partial charge in [-0.05, 0) is 64.6 Å². The molecule has 0 bridgehead atoms. The van der Waals surface area contributed by atoms with Gasteiger partial charge in [0.05, 0.1) is 24.3 Å². The quantitative estimate of drug-likeness (QED) is 0.215. The second-order valence-corrected chi connectivity index (χ2v) is 9.37. The molecule has 0 aromatic heterocycles. The van der Waals surface area contributed by atoms with E-state index in [1.807, 2.05) is 0 Å². The van der Waals surface area contributed by atoms with Crippen LogP contribution in [0.15, 0.2) is 48.5 Å². The Morgan fingerprint density at radius 3 is 2.08 bits per heavy atom. The predicted molar refractivity (Wildman–Crippen MR) is 130 cm³/mol. The molecule has 0 radical (unpaired) electrons. The second kappa shape index (κ2) is 11.3. The normalized spacial score (nSPS) is 13.1. The van der Waals surface area contributed by atoms with Crippen molar-refractivity contribution >= 4 is 5.71 Å². The molecule has 3 aromatic carbocycles. The molecule has 2 N–H and O–H groups in total. The van der Waals surface area contributed by atoms with Crippen LogP contribution in [0.4, 0.5) is 35.1 Å². The van der Waals surface area contributed by atoms with Crippen molar-refractivity contribution in [2.24, 2.45) is 0 Å². The van der Waals surface area contributed by atoms with E-state index in [0.717, 1.165) is 18.2 Å². The van der Waals surface area contributed by atoms with E-state index in [1.165, 1.54) is 19.2 Å². The maximum atomic E-state index is 14.6. The molecular weight excluding hydrogens is 534 g/mol. The van der Waals surface area contributed by atoms with Crippen LogP contribution in [-0.2, 0) is 18.8 Å². The van der Waals surface area contributed by atoms with Crippen LogP contribution in [0.2, 0.25) is 0 Å². The van der Waals surface area contributed by atoms with Crippen molar-refractivity contribution in [1.82, 2.24) is 0 Å². The van der Waals surface area contributed by atoms with E-state index in [1.54, 1.807) is 13.8 Å². The standard InChI is InChI=1S/C28H25F8NO2/c1-14(2)22-12-23(26(39-3)13-24(22)30)21-5-4-17(27(31,32)33)6-15(21)9-20(37)11-25(38)16-7-18(28(34,35)36)10-19(29)8-16/h4-8,10,12-14,25,37-38H,9,11H2,1-3H3. The molecular formula is C28H25F8NO2. The van der Waals surface area contributed by atoms with E-state index in [4.69, 9.17) is 10.1 Å². The number of rotatable bonds is 8. The lowest BCUT2D eigenvalue weighted by Gasteiger charge is -2.19. The van der Waals surface area contributed by atoms with Gasteiger partial charge in [0.1, 0.15) is 17.4 Å². The summed E-state index contributed by atoms with van der Waals surface area (Å²) in [5.41, 5.74) is -2.33. The number of aliphatic hydroxyl groups is 1. The maximum absolute atomic E-state index is 14.6. The Morgan fingerprint density at radius 2 is 1.51 bits per heavy atom. The molecule has 0 saturated carbocycles. The van der Waals surface area contributed by atoms with Crippen LogP contribution in [0.1, 0.15) is 60.1 Å². The predicted octanol–water partition coefficient (Wildman–Crippen LogP) is 8.49. The highest BCUT2D eigenvalue weighted by molar-refractivity contribution is 5.87. The molecule has 0 fully saturated rings. The van der Waals surface area contributed by atoms with Crippen molar-refractivity contribution in [3.8, 4) is 16.9 Å². The zero-order valence-corrected chi connectivity index (χ0v) is 21.1. The Bertz CT molecular complexity index is 1360. The summed E-state index contributed by atoms with van der Waals surface area (Å²) in [5.74, 6) is -2.03. The first-order valence-corrected chi connectivity index (χ1v) is 11.7. The lowest BCUT2D eigenvalue weighted by Crippen LogP contribution is -2.13. The van der Waals surface area contributed by atoms with E-state index in [9.17, 15) is 40.2 Å². The number of ether oxygens (including phenoxy) is 1. The number of methoxy groups -OCH3 is 1. The molecule has 0 heterocycles. The van der Waals surface area contributed by atoms with Gasteiger partial charge in [-0.15, -0.1) is 0 Å². The molecule has 0 aliphatic rings. The van der Waals surface area contributed by atoms with Gasteiger partial charge < -0.3 is 15.3 Å². The lowest BCUT2D eigenvalue weighted by atomic mass is 9.89. The van der Waals surface area contributed by atoms with E-state index < -0.39 is 59.6 Å². The van der Waals surface area contributed by atoms with Crippen LogP contribution in [0.5, 0.6) is 5.75 Å². The van der Waals surface area contributed by atoms with Crippen molar-refractivity contribution in [3.05, 3.63) is 88.0 Å². The van der Waals surface area contributed by atoms with E-state index in [2.05, 4.69) is 0 Å². The number of hydrogen-bond donors (Lipinski definition) is 2. The summed E-state index contributed by atoms with van der Waals surface area (Å²) in [5, 5.41) is 18.8. The summed E-state index contributed by atoms with van der Waals surface area (Å²) >= 11 is 0. The Morgan fingerprint density at radius 1 is 0.872 bits per heavy atom. The highest BCUT2D eigenvalue weighted by Crippen LogP contribution is 2.40. The summed E-state index contributed by atoms with van der Waals surface area (Å²) in [6, 6.07) is 6.89. The molecule has 0 spiro atoms. The van der Waals surface area contributed by atoms with Gasteiger partial charge in [-0.3, -0.25) is 0 Å². The fourth-order valence-corrected chi connectivity index (χ4v) is 4.19. The molecule has 1 atom stereocenters. The molecule has 11 heteroatoms. The first kappa shape index (κ1) is 30.1. The Hall–Kier alpha value is -3.47. The molecule has 1 unspecified atom stereocenters. The average Bonchev–Trinajstić information content (AvgIpc) is 2.82. The molecule has 0 saturated heterocycles. The van der Waals surface area contributed by atoms with Crippen molar-refractivity contribution in [2.45, 2.75) is 51.1 Å². The van der Waals surface area contributed by atoms with Crippen molar-refractivity contribution < 1.29 is 45.0 Å². The molecule has 39 heavy (non-hydrogen) atoms. The molecule has 210 valence electrons. The number of benzene rings is 3. The van der Waals surface area contributed by atoms with Crippen molar-refractivity contribution in [2.75, 3.05) is 7.11 Å². The highest BCUT2D eigenvalue weighted by atomic mass is 19.4. The summed E-state index contributed by atoms with van der Waals surface area (Å²) in [6.07, 6.45) is -12.3. The molecule has 3 aromatic rings. The smallest absolute Gasteiger partial charge is 0.416 e. The van der Waals surface area contributed by atoms with Crippen LogP contribution >= 0.6 is 0 Å². The van der Waals surface area contributed by atoms with Crippen LogP contribution in [0, 0.1) is 17.0 Å². The van der Waals surface area contributed by atoms with Gasteiger partial charge in [-0.2, -0.15) is 26.3 Å². The zero-order valence-electron chi connectivity index (χ0n) is 21.1. The lowest BCUT2D eigenvalue weighted by molar-refractivity contribution is -0.138. The van der Waals surface area contributed by atoms with Gasteiger partial charge in [0.2, 0.25) is 0 Å². The Kier molecular flexibility index (Phi) is 8.74. The summed E-state index contributed by atoms with van der Waals surface area (Å²) < 4.78 is 113. The minimum atomic E-state index is -4.87. The average molecular weight is 559 g/mol. The molecule has 3 nitrogen and oxygen atoms in total. The second-order valence-electron chi connectivity index (χ2n) is 9.37. The van der Waals surface area contributed by atoms with Gasteiger partial charge in [-0.1, -0.05) is 19.9 Å². The van der Waals surface area contributed by atoms with Gasteiger partial charge in [0, 0.05) is 30.2 Å². The summed E-state index contributed by atoms with van der Waals surface area (Å²) in [7, 11) is 1.27. The first-order chi connectivity index (χ1) is 18.0. The SMILES string of the molecule is COc1cc(F)c(C(C)C)cc1-c1ccc(C(F)(F)F)cc1CC(=N)CC(O)c1cc(F)cc(C(F)(F)F)c1.